The van der Waals surface area contributed by atoms with Crippen LogP contribution in [0.1, 0.15) is 84.7 Å². The van der Waals surface area contributed by atoms with E-state index >= 15 is 0 Å². The summed E-state index contributed by atoms with van der Waals surface area (Å²) in [5.41, 5.74) is 5.89. The molecule has 3 unspecified atom stereocenters. The lowest BCUT2D eigenvalue weighted by molar-refractivity contribution is -0.664. The van der Waals surface area contributed by atoms with E-state index in [2.05, 4.69) is 50.6 Å². The van der Waals surface area contributed by atoms with Gasteiger partial charge in [-0.05, 0) is 83.9 Å². The summed E-state index contributed by atoms with van der Waals surface area (Å²) >= 11 is 1.47. The number of hydrogen-bond donors (Lipinski definition) is 6. The number of alkyl carbamates (subject to hydrolysis) is 1. The molecule has 2 heterocycles. The van der Waals surface area contributed by atoms with Crippen LogP contribution in [0.15, 0.2) is 77.8 Å². The molecule has 4 rings (SSSR count). The van der Waals surface area contributed by atoms with Gasteiger partial charge in [0.1, 0.15) is 16.3 Å². The van der Waals surface area contributed by atoms with Crippen LogP contribution < -0.4 is 26.8 Å². The van der Waals surface area contributed by atoms with Gasteiger partial charge in [-0.15, -0.1) is 10.2 Å². The van der Waals surface area contributed by atoms with E-state index in [1.54, 1.807) is 6.92 Å². The van der Waals surface area contributed by atoms with Gasteiger partial charge < -0.3 is 20.5 Å². The van der Waals surface area contributed by atoms with E-state index in [1.807, 2.05) is 88.6 Å². The number of ether oxygens (including phenoxy) is 1. The molecule has 0 saturated carbocycles. The molecule has 2 aliphatic rings. The summed E-state index contributed by atoms with van der Waals surface area (Å²) in [4.78, 5) is 25.4. The van der Waals surface area contributed by atoms with Crippen molar-refractivity contribution < 1.29 is 24.9 Å². The number of allylic oxidation sites excluding steroid dienone is 5. The number of amides is 2. The van der Waals surface area contributed by atoms with Gasteiger partial charge in [0.2, 0.25) is 16.9 Å². The van der Waals surface area contributed by atoms with Gasteiger partial charge in [-0.3, -0.25) is 10.1 Å². The second-order valence-corrected chi connectivity index (χ2v) is 15.5. The van der Waals surface area contributed by atoms with Gasteiger partial charge in [0.15, 0.2) is 0 Å². The first-order valence-corrected chi connectivity index (χ1v) is 17.5. The molecule has 1 aromatic heterocycles. The summed E-state index contributed by atoms with van der Waals surface area (Å²) in [6.45, 7) is 13.3. The van der Waals surface area contributed by atoms with Crippen LogP contribution in [-0.4, -0.2) is 44.2 Å². The first-order chi connectivity index (χ1) is 22.6. The number of aromatic nitrogens is 2. The fraction of sp³-hybridized carbons (Fsp3) is 0.500. The zero-order chi connectivity index (χ0) is 35.0. The lowest BCUT2D eigenvalue weighted by Gasteiger charge is -2.38. The number of quaternary nitrogens is 1. The molecule has 0 radical (unpaired) electrons. The molecule has 2 aromatic rings. The van der Waals surface area contributed by atoms with Crippen molar-refractivity contribution in [1.82, 2.24) is 26.3 Å². The minimum Gasteiger partial charge on any atom is -0.444 e. The van der Waals surface area contributed by atoms with Crippen LogP contribution in [0.5, 0.6) is 0 Å². The second-order valence-electron chi connectivity index (χ2n) is 14.4. The van der Waals surface area contributed by atoms with Gasteiger partial charge in [-0.2, -0.15) is 5.43 Å². The Morgan fingerprint density at radius 3 is 2.46 bits per heavy atom. The normalized spacial score (nSPS) is 19.2. The molecule has 11 nitrogen and oxygen atoms in total. The largest absolute Gasteiger partial charge is 0.444 e. The van der Waals surface area contributed by atoms with Crippen LogP contribution >= 0.6 is 11.3 Å². The number of aliphatic hydroxyl groups is 1. The Morgan fingerprint density at radius 2 is 1.77 bits per heavy atom. The SMILES string of the molecule is CC1C=CC(CC(=O)NC2=CC=C(CCCCc3nnc(NC(C)(O)Cc4ccccc4)s3)N[NH2+]2)=CC1C(C)(C)NC(=O)OC(C)(C)C. The van der Waals surface area contributed by atoms with E-state index < -0.39 is 23.0 Å². The van der Waals surface area contributed by atoms with Gasteiger partial charge in [0.05, 0.1) is 12.1 Å². The van der Waals surface area contributed by atoms with Crippen molar-refractivity contribution in [2.75, 3.05) is 5.32 Å². The molecule has 7 N–H and O–H groups in total. The van der Waals surface area contributed by atoms with E-state index in [0.717, 1.165) is 47.5 Å². The number of hydrogen-bond acceptors (Lipinski definition) is 9. The van der Waals surface area contributed by atoms with E-state index in [1.165, 1.54) is 11.3 Å². The molecule has 3 atom stereocenters. The molecule has 0 fully saturated rings. The van der Waals surface area contributed by atoms with Crippen molar-refractivity contribution in [3.05, 3.63) is 88.4 Å². The van der Waals surface area contributed by atoms with E-state index in [0.29, 0.717) is 17.4 Å². The Bertz CT molecular complexity index is 1540. The lowest BCUT2D eigenvalue weighted by atomic mass is 9.74. The number of carbonyl (C=O) groups is 2. The van der Waals surface area contributed by atoms with Gasteiger partial charge in [-0.1, -0.05) is 66.8 Å². The van der Waals surface area contributed by atoms with Crippen LogP contribution in [0, 0.1) is 11.8 Å². The average Bonchev–Trinajstić information content (AvgIpc) is 3.42. The summed E-state index contributed by atoms with van der Waals surface area (Å²) < 4.78 is 5.47. The molecule has 1 aliphatic heterocycles. The standard InChI is InChI=1S/C36H51N7O4S/c1-24-17-18-26(21-28(24)35(5,6)39-33(45)47-34(2,3)4)22-30(44)37-29-20-19-27(40-41-29)15-11-12-16-31-42-43-32(48-31)38-36(7,46)23-25-13-9-8-10-14-25/h8-10,13-14,17-21,24,28,40-41,46H,11-12,15-16,22-23H2,1-7H3,(H,37,44)(H,38,43)(H,39,45)/p+1. The smallest absolute Gasteiger partial charge is 0.408 e. The Balaban J connectivity index is 1.19. The molecule has 1 aromatic carbocycles. The molecule has 0 bridgehead atoms. The maximum Gasteiger partial charge on any atom is 0.408 e. The van der Waals surface area contributed by atoms with Crippen molar-refractivity contribution in [1.29, 1.82) is 0 Å². The number of nitrogens with one attached hydrogen (secondary N) is 4. The monoisotopic (exact) mass is 678 g/mol. The first kappa shape index (κ1) is 36.8. The predicted molar refractivity (Wildman–Crippen MR) is 189 cm³/mol. The zero-order valence-corrected chi connectivity index (χ0v) is 30.0. The summed E-state index contributed by atoms with van der Waals surface area (Å²) in [6, 6.07) is 9.86. The van der Waals surface area contributed by atoms with Crippen LogP contribution in [0.25, 0.3) is 0 Å². The minimum absolute atomic E-state index is 0.00251. The number of carbonyl (C=O) groups excluding carboxylic acids is 2. The number of benzene rings is 1. The van der Waals surface area contributed by atoms with E-state index in [-0.39, 0.29) is 24.2 Å². The van der Waals surface area contributed by atoms with Gasteiger partial charge in [0, 0.05) is 30.4 Å². The van der Waals surface area contributed by atoms with Crippen molar-refractivity contribution in [3.63, 3.8) is 0 Å². The molecule has 2 amide bonds. The molecule has 12 heteroatoms. The van der Waals surface area contributed by atoms with Crippen molar-refractivity contribution >= 4 is 28.5 Å². The molecular weight excluding hydrogens is 627 g/mol. The molecule has 1 aliphatic carbocycles. The van der Waals surface area contributed by atoms with Crippen LogP contribution in [0.3, 0.4) is 0 Å². The average molecular weight is 679 g/mol. The van der Waals surface area contributed by atoms with Crippen LogP contribution in [0.4, 0.5) is 9.93 Å². The maximum atomic E-state index is 12.9. The van der Waals surface area contributed by atoms with Crippen LogP contribution in [0.2, 0.25) is 0 Å². The summed E-state index contributed by atoms with van der Waals surface area (Å²) in [5.74, 6) is 0.783. The van der Waals surface area contributed by atoms with Crippen molar-refractivity contribution in [2.45, 2.75) is 104 Å². The number of anilines is 1. The van der Waals surface area contributed by atoms with Crippen LogP contribution in [-0.2, 0) is 22.4 Å². The lowest BCUT2D eigenvalue weighted by Crippen LogP contribution is -2.93. The van der Waals surface area contributed by atoms with Gasteiger partial charge in [0.25, 0.3) is 0 Å². The maximum absolute atomic E-state index is 12.9. The highest BCUT2D eigenvalue weighted by Gasteiger charge is 2.35. The van der Waals surface area contributed by atoms with Crippen molar-refractivity contribution in [3.8, 4) is 0 Å². The summed E-state index contributed by atoms with van der Waals surface area (Å²) in [6.07, 6.45) is 13.9. The highest BCUT2D eigenvalue weighted by molar-refractivity contribution is 7.15. The predicted octanol–water partition coefficient (Wildman–Crippen LogP) is 4.98. The molecule has 48 heavy (non-hydrogen) atoms. The Morgan fingerprint density at radius 1 is 1.04 bits per heavy atom. The Labute approximate surface area is 288 Å². The fourth-order valence-electron chi connectivity index (χ4n) is 5.81. The summed E-state index contributed by atoms with van der Waals surface area (Å²) in [7, 11) is 0. The quantitative estimate of drug-likeness (QED) is 0.0930. The first-order valence-electron chi connectivity index (χ1n) is 16.6. The highest BCUT2D eigenvalue weighted by Crippen LogP contribution is 2.33. The Hall–Kier alpha value is -4.00. The second kappa shape index (κ2) is 15.9. The topological polar surface area (TPSA) is 154 Å². The Kier molecular flexibility index (Phi) is 12.2. The minimum atomic E-state index is -1.12. The van der Waals surface area contributed by atoms with Gasteiger partial charge >= 0.3 is 6.09 Å². The van der Waals surface area contributed by atoms with E-state index in [9.17, 15) is 14.7 Å². The number of nitrogens with zero attached hydrogens (tertiary/aromatic N) is 2. The third-order valence-electron chi connectivity index (χ3n) is 8.08. The highest BCUT2D eigenvalue weighted by atomic mass is 32.1. The summed E-state index contributed by atoms with van der Waals surface area (Å²) in [5, 5.41) is 30.0. The molecule has 260 valence electrons. The van der Waals surface area contributed by atoms with Crippen molar-refractivity contribution in [2.24, 2.45) is 11.8 Å². The molecule has 0 saturated heterocycles. The molecule has 0 spiro atoms. The number of aryl methyl sites for hydroxylation is 1. The third-order valence-corrected chi connectivity index (χ3v) is 8.98. The molecular formula is C36H52N7O4S+. The number of unbranched alkanes of at least 4 members (excludes halogenated alkanes) is 1. The van der Waals surface area contributed by atoms with Gasteiger partial charge in [-0.25, -0.2) is 10.2 Å². The van der Waals surface area contributed by atoms with E-state index in [4.69, 9.17) is 4.74 Å². The number of rotatable bonds is 14. The zero-order valence-electron chi connectivity index (χ0n) is 29.2. The third kappa shape index (κ3) is 11.9. The fourth-order valence-corrected chi connectivity index (χ4v) is 6.72. The number of nitrogens with two attached hydrogens (primary N) is 1.